The number of hydrogen-bond donors (Lipinski definition) is 0. The van der Waals surface area contributed by atoms with Gasteiger partial charge in [-0.15, -0.1) is 0 Å². The fraction of sp³-hybridized carbons (Fsp3) is 0.333. The highest BCUT2D eigenvalue weighted by Gasteiger charge is 2.37. The molecule has 9 heteroatoms. The maximum Gasteiger partial charge on any atom is 0.419 e. The predicted molar refractivity (Wildman–Crippen MR) is 58.7 cm³/mol. The summed E-state index contributed by atoms with van der Waals surface area (Å²) in [5.74, 6) is -2.40. The maximum absolute atomic E-state index is 12.8. The number of carbonyl (C=O) groups excluding carboxylic acids is 1. The maximum atomic E-state index is 12.8. The number of nitrogens with zero attached hydrogens (tertiary/aromatic N) is 1. The van der Waals surface area contributed by atoms with Crippen LogP contribution in [0, 0.1) is 11.3 Å². The van der Waals surface area contributed by atoms with E-state index in [0.717, 1.165) is 0 Å². The van der Waals surface area contributed by atoms with Crippen LogP contribution in [0.5, 0.6) is 5.75 Å². The molecule has 4 nitrogen and oxygen atoms in total. The van der Waals surface area contributed by atoms with Crippen LogP contribution in [0.4, 0.5) is 22.0 Å². The Morgan fingerprint density at radius 1 is 1.38 bits per heavy atom. The summed E-state index contributed by atoms with van der Waals surface area (Å²) in [6.45, 7) is -2.21. The third kappa shape index (κ3) is 4.05. The highest BCUT2D eigenvalue weighted by Crippen LogP contribution is 2.38. The van der Waals surface area contributed by atoms with Crippen LogP contribution in [0.1, 0.15) is 28.4 Å². The molecule has 0 aliphatic rings. The Labute approximate surface area is 115 Å². The highest BCUT2D eigenvalue weighted by molar-refractivity contribution is 5.93. The van der Waals surface area contributed by atoms with Crippen molar-refractivity contribution in [1.82, 2.24) is 0 Å². The number of hydrogen-bond acceptors (Lipinski definition) is 4. The van der Waals surface area contributed by atoms with Crippen LogP contribution in [-0.2, 0) is 10.9 Å². The molecule has 0 spiro atoms. The van der Waals surface area contributed by atoms with Gasteiger partial charge in [-0.25, -0.2) is 4.79 Å². The van der Waals surface area contributed by atoms with E-state index < -0.39 is 41.2 Å². The van der Waals surface area contributed by atoms with Gasteiger partial charge in [0.25, 0.3) is 0 Å². The lowest BCUT2D eigenvalue weighted by molar-refractivity contribution is -0.141. The highest BCUT2D eigenvalue weighted by atomic mass is 19.4. The molecule has 1 aromatic rings. The predicted octanol–water partition coefficient (Wildman–Crippen LogP) is 3.36. The van der Waals surface area contributed by atoms with E-state index in [-0.39, 0.29) is 12.7 Å². The lowest BCUT2D eigenvalue weighted by Gasteiger charge is -2.15. The zero-order chi connectivity index (χ0) is 16.2. The quantitative estimate of drug-likeness (QED) is 0.632. The zero-order valence-electron chi connectivity index (χ0n) is 10.5. The molecule has 21 heavy (non-hydrogen) atoms. The van der Waals surface area contributed by atoms with Crippen LogP contribution < -0.4 is 4.74 Å². The molecule has 0 atom stereocenters. The van der Waals surface area contributed by atoms with Gasteiger partial charge in [-0.05, 0) is 19.1 Å². The van der Waals surface area contributed by atoms with Crippen LogP contribution in [0.3, 0.4) is 0 Å². The number of carbonyl (C=O) groups is 1. The van der Waals surface area contributed by atoms with Gasteiger partial charge in [-0.1, -0.05) is 0 Å². The minimum absolute atomic E-state index is 0.125. The SMILES string of the molecule is CCOC(=O)c1cc(C(F)(F)F)c(OC(F)F)cc1C#N. The molecule has 0 fully saturated rings. The molecule has 0 heterocycles. The van der Waals surface area contributed by atoms with Crippen LogP contribution in [0.15, 0.2) is 12.1 Å². The zero-order valence-corrected chi connectivity index (χ0v) is 10.5. The molecule has 1 aromatic carbocycles. The molecule has 0 saturated heterocycles. The van der Waals surface area contributed by atoms with E-state index in [1.165, 1.54) is 13.0 Å². The van der Waals surface area contributed by atoms with Crippen molar-refractivity contribution in [2.75, 3.05) is 6.61 Å². The minimum Gasteiger partial charge on any atom is -0.462 e. The lowest BCUT2D eigenvalue weighted by atomic mass is 10.0. The number of alkyl halides is 5. The summed E-state index contributed by atoms with van der Waals surface area (Å²) in [4.78, 5) is 11.5. The Kier molecular flexibility index (Phi) is 5.07. The van der Waals surface area contributed by atoms with Crippen LogP contribution in [0.25, 0.3) is 0 Å². The van der Waals surface area contributed by atoms with E-state index in [2.05, 4.69) is 9.47 Å². The van der Waals surface area contributed by atoms with Gasteiger partial charge in [0.15, 0.2) is 0 Å². The van der Waals surface area contributed by atoms with Crippen LogP contribution >= 0.6 is 0 Å². The van der Waals surface area contributed by atoms with E-state index in [1.807, 2.05) is 0 Å². The molecule has 0 unspecified atom stereocenters. The molecule has 0 radical (unpaired) electrons. The Morgan fingerprint density at radius 3 is 2.43 bits per heavy atom. The van der Waals surface area contributed by atoms with E-state index in [9.17, 15) is 26.7 Å². The molecule has 1 rings (SSSR count). The molecule has 0 aliphatic heterocycles. The summed E-state index contributed by atoms with van der Waals surface area (Å²) in [5.41, 5.74) is -2.82. The van der Waals surface area contributed by atoms with Crippen LogP contribution in [0.2, 0.25) is 0 Å². The molecule has 0 N–H and O–H groups in total. The largest absolute Gasteiger partial charge is 0.462 e. The molecule has 0 aliphatic carbocycles. The van der Waals surface area contributed by atoms with Gasteiger partial charge in [-0.2, -0.15) is 27.2 Å². The number of halogens is 5. The third-order valence-electron chi connectivity index (χ3n) is 2.26. The summed E-state index contributed by atoms with van der Waals surface area (Å²) in [6, 6.07) is 2.12. The van der Waals surface area contributed by atoms with Gasteiger partial charge in [0.1, 0.15) is 11.8 Å². The molecule has 0 aromatic heterocycles. The van der Waals surface area contributed by atoms with Crippen molar-refractivity contribution in [3.63, 3.8) is 0 Å². The van der Waals surface area contributed by atoms with Crippen molar-refractivity contribution in [3.05, 3.63) is 28.8 Å². The Balaban J connectivity index is 3.49. The average molecular weight is 309 g/mol. The average Bonchev–Trinajstić information content (AvgIpc) is 2.36. The summed E-state index contributed by atoms with van der Waals surface area (Å²) in [6.07, 6.45) is -5.04. The van der Waals surface area contributed by atoms with E-state index in [4.69, 9.17) is 5.26 Å². The first-order valence-corrected chi connectivity index (χ1v) is 5.48. The van der Waals surface area contributed by atoms with Crippen LogP contribution in [-0.4, -0.2) is 19.2 Å². The first-order chi connectivity index (χ1) is 9.70. The van der Waals surface area contributed by atoms with Gasteiger partial charge in [-0.3, -0.25) is 0 Å². The lowest BCUT2D eigenvalue weighted by Crippen LogP contribution is -2.15. The first kappa shape index (κ1) is 16.7. The van der Waals surface area contributed by atoms with Crippen molar-refractivity contribution < 1.29 is 36.2 Å². The second-order valence-electron chi connectivity index (χ2n) is 3.60. The molecular weight excluding hydrogens is 301 g/mol. The Bertz CT molecular complexity index is 577. The summed E-state index contributed by atoms with van der Waals surface area (Å²) >= 11 is 0. The third-order valence-corrected chi connectivity index (χ3v) is 2.26. The number of rotatable bonds is 4. The summed E-state index contributed by atoms with van der Waals surface area (Å²) in [7, 11) is 0. The van der Waals surface area contributed by atoms with Gasteiger partial charge in [0.05, 0.1) is 23.3 Å². The number of benzene rings is 1. The van der Waals surface area contributed by atoms with Crippen molar-refractivity contribution in [2.45, 2.75) is 19.7 Å². The second kappa shape index (κ2) is 6.39. The van der Waals surface area contributed by atoms with E-state index >= 15 is 0 Å². The van der Waals surface area contributed by atoms with Crippen molar-refractivity contribution in [3.8, 4) is 11.8 Å². The summed E-state index contributed by atoms with van der Waals surface area (Å²) < 4.78 is 71.0. The number of ether oxygens (including phenoxy) is 2. The van der Waals surface area contributed by atoms with E-state index in [0.29, 0.717) is 6.07 Å². The monoisotopic (exact) mass is 309 g/mol. The normalized spacial score (nSPS) is 11.1. The van der Waals surface area contributed by atoms with Crippen molar-refractivity contribution >= 4 is 5.97 Å². The first-order valence-electron chi connectivity index (χ1n) is 5.48. The van der Waals surface area contributed by atoms with Crippen molar-refractivity contribution in [2.24, 2.45) is 0 Å². The smallest absolute Gasteiger partial charge is 0.419 e. The summed E-state index contributed by atoms with van der Waals surface area (Å²) in [5, 5.41) is 8.81. The van der Waals surface area contributed by atoms with Crippen molar-refractivity contribution in [1.29, 1.82) is 5.26 Å². The topological polar surface area (TPSA) is 59.3 Å². The molecule has 0 saturated carbocycles. The number of esters is 1. The molecule has 0 bridgehead atoms. The Hall–Kier alpha value is -2.37. The van der Waals surface area contributed by atoms with Gasteiger partial charge < -0.3 is 9.47 Å². The molecule has 114 valence electrons. The molecule has 0 amide bonds. The van der Waals surface area contributed by atoms with Gasteiger partial charge in [0, 0.05) is 0 Å². The fourth-order valence-corrected chi connectivity index (χ4v) is 1.47. The Morgan fingerprint density at radius 2 is 2.00 bits per heavy atom. The molecular formula is C12H8F5NO3. The van der Waals surface area contributed by atoms with Gasteiger partial charge in [0.2, 0.25) is 0 Å². The standard InChI is InChI=1S/C12H8F5NO3/c1-2-20-10(19)7-4-8(12(15,16)17)9(21-11(13)14)3-6(7)5-18/h3-4,11H,2H2,1H3. The van der Waals surface area contributed by atoms with E-state index in [1.54, 1.807) is 0 Å². The minimum atomic E-state index is -5.04. The number of nitriles is 1. The fourth-order valence-electron chi connectivity index (χ4n) is 1.47. The second-order valence-corrected chi connectivity index (χ2v) is 3.60. The van der Waals surface area contributed by atoms with Gasteiger partial charge >= 0.3 is 18.8 Å².